The number of H-pyrrole nitrogens is 1. The molecule has 0 aliphatic carbocycles. The summed E-state index contributed by atoms with van der Waals surface area (Å²) in [6.07, 6.45) is 3.21. The van der Waals surface area contributed by atoms with Crippen molar-refractivity contribution in [1.29, 1.82) is 0 Å². The number of imidazole rings is 1. The molecule has 0 spiro atoms. The largest absolute Gasteiger partial charge is 0.328 e. The molecule has 6 nitrogen and oxygen atoms in total. The number of rotatable bonds is 3. The first-order valence-corrected chi connectivity index (χ1v) is 8.15. The second-order valence-corrected chi connectivity index (χ2v) is 6.00. The lowest BCUT2D eigenvalue weighted by atomic mass is 10.1. The molecule has 0 aliphatic heterocycles. The van der Waals surface area contributed by atoms with E-state index in [1.54, 1.807) is 13.3 Å². The Bertz CT molecular complexity index is 1160. The summed E-state index contributed by atoms with van der Waals surface area (Å²) in [4.78, 5) is 30.6. The maximum absolute atomic E-state index is 12.4. The highest BCUT2D eigenvalue weighted by atomic mass is 16.1. The molecule has 2 N–H and O–H groups in total. The lowest BCUT2D eigenvalue weighted by molar-refractivity contribution is 0.102. The molecule has 2 heterocycles. The standard InChI is InChI=1S/C20H16N4O2/c1-13-10-19(25)21-11-16(13)20(26)23-14-6-8-15(9-7-14)24-12-22-17-4-2-3-5-18(17)24/h2-12H,1H3,(H,21,25)(H,23,26). The van der Waals surface area contributed by atoms with E-state index in [-0.39, 0.29) is 11.5 Å². The van der Waals surface area contributed by atoms with Gasteiger partial charge in [-0.05, 0) is 48.9 Å². The summed E-state index contributed by atoms with van der Waals surface area (Å²) in [6, 6.07) is 16.8. The smallest absolute Gasteiger partial charge is 0.257 e. The zero-order valence-electron chi connectivity index (χ0n) is 14.1. The van der Waals surface area contributed by atoms with Crippen LogP contribution in [0.2, 0.25) is 0 Å². The Morgan fingerprint density at radius 2 is 1.88 bits per heavy atom. The van der Waals surface area contributed by atoms with Crippen molar-refractivity contribution in [2.75, 3.05) is 5.32 Å². The highest BCUT2D eigenvalue weighted by Gasteiger charge is 2.10. The van der Waals surface area contributed by atoms with Gasteiger partial charge in [-0.1, -0.05) is 12.1 Å². The molecule has 0 radical (unpaired) electrons. The molecule has 0 saturated heterocycles. The fraction of sp³-hybridized carbons (Fsp3) is 0.0500. The third-order valence-corrected chi connectivity index (χ3v) is 4.23. The molecule has 4 rings (SSSR count). The Balaban J connectivity index is 1.58. The van der Waals surface area contributed by atoms with Gasteiger partial charge in [0.1, 0.15) is 6.33 Å². The van der Waals surface area contributed by atoms with Crippen molar-refractivity contribution in [3.05, 3.63) is 88.6 Å². The van der Waals surface area contributed by atoms with Crippen LogP contribution < -0.4 is 10.9 Å². The molecule has 26 heavy (non-hydrogen) atoms. The maximum atomic E-state index is 12.4. The average molecular weight is 344 g/mol. The van der Waals surface area contributed by atoms with E-state index in [0.29, 0.717) is 16.8 Å². The van der Waals surface area contributed by atoms with Gasteiger partial charge in [0.2, 0.25) is 5.56 Å². The van der Waals surface area contributed by atoms with E-state index in [2.05, 4.69) is 15.3 Å². The van der Waals surface area contributed by atoms with Gasteiger partial charge in [-0.3, -0.25) is 14.2 Å². The molecule has 4 aromatic rings. The number of nitrogens with zero attached hydrogens (tertiary/aromatic N) is 2. The van der Waals surface area contributed by atoms with E-state index in [1.165, 1.54) is 12.3 Å². The molecule has 2 aromatic carbocycles. The van der Waals surface area contributed by atoms with Gasteiger partial charge in [0.05, 0.1) is 16.6 Å². The zero-order chi connectivity index (χ0) is 18.1. The van der Waals surface area contributed by atoms with E-state index >= 15 is 0 Å². The molecule has 0 aliphatic rings. The summed E-state index contributed by atoms with van der Waals surface area (Å²) in [7, 11) is 0. The number of fused-ring (bicyclic) bond motifs is 1. The van der Waals surface area contributed by atoms with Crippen LogP contribution in [0.25, 0.3) is 16.7 Å². The van der Waals surface area contributed by atoms with Crippen LogP contribution in [-0.4, -0.2) is 20.4 Å². The van der Waals surface area contributed by atoms with Gasteiger partial charge in [0.25, 0.3) is 5.91 Å². The number of para-hydroxylation sites is 2. The number of aryl methyl sites for hydroxylation is 1. The van der Waals surface area contributed by atoms with Crippen LogP contribution in [0.4, 0.5) is 5.69 Å². The van der Waals surface area contributed by atoms with Gasteiger partial charge in [-0.25, -0.2) is 4.98 Å². The van der Waals surface area contributed by atoms with Crippen LogP contribution in [0.5, 0.6) is 0 Å². The molecule has 2 aromatic heterocycles. The van der Waals surface area contributed by atoms with Crippen molar-refractivity contribution in [2.45, 2.75) is 6.92 Å². The second kappa shape index (κ2) is 6.33. The fourth-order valence-corrected chi connectivity index (χ4v) is 2.89. The highest BCUT2D eigenvalue weighted by Crippen LogP contribution is 2.20. The van der Waals surface area contributed by atoms with Gasteiger partial charge in [-0.15, -0.1) is 0 Å². The summed E-state index contributed by atoms with van der Waals surface area (Å²) >= 11 is 0. The zero-order valence-corrected chi connectivity index (χ0v) is 14.1. The highest BCUT2D eigenvalue weighted by molar-refractivity contribution is 6.05. The number of carbonyl (C=O) groups is 1. The molecule has 1 amide bonds. The monoisotopic (exact) mass is 344 g/mol. The van der Waals surface area contributed by atoms with Crippen molar-refractivity contribution in [2.24, 2.45) is 0 Å². The molecule has 6 heteroatoms. The van der Waals surface area contributed by atoms with Crippen molar-refractivity contribution in [3.63, 3.8) is 0 Å². The van der Waals surface area contributed by atoms with E-state index < -0.39 is 0 Å². The van der Waals surface area contributed by atoms with Crippen LogP contribution >= 0.6 is 0 Å². The molecule has 0 fully saturated rings. The first-order chi connectivity index (χ1) is 12.6. The molecular formula is C20H16N4O2. The minimum atomic E-state index is -0.264. The van der Waals surface area contributed by atoms with E-state index in [4.69, 9.17) is 0 Å². The molecule has 0 unspecified atom stereocenters. The normalized spacial score (nSPS) is 10.8. The molecular weight excluding hydrogens is 328 g/mol. The Labute approximate surface area is 149 Å². The van der Waals surface area contributed by atoms with Crippen LogP contribution in [-0.2, 0) is 0 Å². The van der Waals surface area contributed by atoms with Crippen LogP contribution in [0.3, 0.4) is 0 Å². The molecule has 0 saturated carbocycles. The van der Waals surface area contributed by atoms with Crippen LogP contribution in [0.15, 0.2) is 71.9 Å². The van der Waals surface area contributed by atoms with E-state index in [1.807, 2.05) is 53.1 Å². The predicted molar refractivity (Wildman–Crippen MR) is 101 cm³/mol. The van der Waals surface area contributed by atoms with Crippen molar-refractivity contribution >= 4 is 22.6 Å². The van der Waals surface area contributed by atoms with Crippen LogP contribution in [0.1, 0.15) is 15.9 Å². The predicted octanol–water partition coefficient (Wildman–Crippen LogP) is 3.27. The number of aromatic amines is 1. The summed E-state index contributed by atoms with van der Waals surface area (Å²) in [5, 5.41) is 2.84. The number of anilines is 1. The van der Waals surface area contributed by atoms with Gasteiger partial charge in [0.15, 0.2) is 0 Å². The van der Waals surface area contributed by atoms with E-state index in [9.17, 15) is 9.59 Å². The third kappa shape index (κ3) is 2.88. The third-order valence-electron chi connectivity index (χ3n) is 4.23. The number of hydrogen-bond acceptors (Lipinski definition) is 3. The number of aromatic nitrogens is 3. The number of pyridine rings is 1. The molecule has 0 bridgehead atoms. The lowest BCUT2D eigenvalue weighted by Gasteiger charge is -2.09. The summed E-state index contributed by atoms with van der Waals surface area (Å²) in [5.74, 6) is -0.264. The Morgan fingerprint density at radius 1 is 1.12 bits per heavy atom. The average Bonchev–Trinajstić information content (AvgIpc) is 3.06. The minimum Gasteiger partial charge on any atom is -0.328 e. The molecule has 128 valence electrons. The Hall–Kier alpha value is -3.67. The van der Waals surface area contributed by atoms with Crippen molar-refractivity contribution in [3.8, 4) is 5.69 Å². The maximum Gasteiger partial charge on any atom is 0.257 e. The number of hydrogen-bond donors (Lipinski definition) is 2. The quantitative estimate of drug-likeness (QED) is 0.598. The van der Waals surface area contributed by atoms with Gasteiger partial charge < -0.3 is 10.3 Å². The van der Waals surface area contributed by atoms with Gasteiger partial charge >= 0.3 is 0 Å². The second-order valence-electron chi connectivity index (χ2n) is 6.00. The lowest BCUT2D eigenvalue weighted by Crippen LogP contribution is -2.16. The minimum absolute atomic E-state index is 0.226. The number of nitrogens with one attached hydrogen (secondary N) is 2. The van der Waals surface area contributed by atoms with E-state index in [0.717, 1.165) is 16.7 Å². The van der Waals surface area contributed by atoms with Gasteiger partial charge in [0, 0.05) is 23.6 Å². The molecule has 0 atom stereocenters. The summed E-state index contributed by atoms with van der Waals surface area (Å²) < 4.78 is 1.99. The van der Waals surface area contributed by atoms with Crippen molar-refractivity contribution in [1.82, 2.24) is 14.5 Å². The SMILES string of the molecule is Cc1cc(=O)[nH]cc1C(=O)Nc1ccc(-n2cnc3ccccc32)cc1. The first kappa shape index (κ1) is 15.8. The number of amides is 1. The number of benzene rings is 2. The Morgan fingerprint density at radius 3 is 2.65 bits per heavy atom. The fourth-order valence-electron chi connectivity index (χ4n) is 2.89. The summed E-state index contributed by atoms with van der Waals surface area (Å²) in [6.45, 7) is 1.73. The van der Waals surface area contributed by atoms with Crippen molar-refractivity contribution < 1.29 is 4.79 Å². The van der Waals surface area contributed by atoms with Crippen LogP contribution in [0, 0.1) is 6.92 Å². The first-order valence-electron chi connectivity index (χ1n) is 8.15. The topological polar surface area (TPSA) is 79.8 Å². The summed E-state index contributed by atoms with van der Waals surface area (Å²) in [5.41, 5.74) is 4.43. The Kier molecular flexibility index (Phi) is 3.85. The van der Waals surface area contributed by atoms with Gasteiger partial charge in [-0.2, -0.15) is 0 Å². The number of carbonyl (C=O) groups excluding carboxylic acids is 1.